The summed E-state index contributed by atoms with van der Waals surface area (Å²) in [6.07, 6.45) is -1.00. The quantitative estimate of drug-likeness (QED) is 0.161. The van der Waals surface area contributed by atoms with Gasteiger partial charge in [0.2, 0.25) is 0 Å². The lowest BCUT2D eigenvalue weighted by Gasteiger charge is -2.34. The van der Waals surface area contributed by atoms with Crippen LogP contribution in [-0.2, 0) is 6.54 Å². The number of carbonyl (C=O) groups excluding carboxylic acids is 2. The second-order valence-corrected chi connectivity index (χ2v) is 11.3. The molecule has 0 aliphatic heterocycles. The van der Waals surface area contributed by atoms with Crippen LogP contribution in [-0.4, -0.2) is 28.8 Å². The molecule has 0 radical (unpaired) electrons. The summed E-state index contributed by atoms with van der Waals surface area (Å²) in [4.78, 5) is 26.8. The third-order valence-electron chi connectivity index (χ3n) is 7.28. The minimum absolute atomic E-state index is 0.0438. The second kappa shape index (κ2) is 11.5. The number of hydrogen-bond acceptors (Lipinski definition) is 3. The largest absolute Gasteiger partial charge is 0.454 e. The van der Waals surface area contributed by atoms with E-state index in [0.717, 1.165) is 54.9 Å². The van der Waals surface area contributed by atoms with Crippen LogP contribution >= 0.6 is 22.9 Å². The number of hydrogen-bond donors (Lipinski definition) is 0. The number of amides is 1. The molecular formula is C30H22ClF6NO2S. The number of carbonyl (C=O) groups is 2. The van der Waals surface area contributed by atoms with E-state index >= 15 is 4.39 Å². The van der Waals surface area contributed by atoms with Crippen LogP contribution in [0.15, 0.2) is 54.6 Å². The molecule has 11 heteroatoms. The van der Waals surface area contributed by atoms with E-state index in [-0.39, 0.29) is 38.1 Å². The number of benzene rings is 3. The maximum Gasteiger partial charge on any atom is 0.454 e. The van der Waals surface area contributed by atoms with E-state index in [1.807, 2.05) is 0 Å². The number of ketones is 1. The summed E-state index contributed by atoms with van der Waals surface area (Å²) < 4.78 is 82.3. The maximum absolute atomic E-state index is 15.1. The van der Waals surface area contributed by atoms with Gasteiger partial charge in [-0.05, 0) is 48.2 Å². The highest BCUT2D eigenvalue weighted by Crippen LogP contribution is 2.40. The van der Waals surface area contributed by atoms with Crippen molar-refractivity contribution in [3.8, 4) is 11.1 Å². The van der Waals surface area contributed by atoms with Crippen LogP contribution < -0.4 is 0 Å². The fourth-order valence-electron chi connectivity index (χ4n) is 5.16. The third-order valence-corrected chi connectivity index (χ3v) is 8.95. The van der Waals surface area contributed by atoms with Gasteiger partial charge < -0.3 is 4.90 Å². The number of thiophene rings is 1. The van der Waals surface area contributed by atoms with Crippen LogP contribution in [0, 0.1) is 17.5 Å². The molecule has 0 atom stereocenters. The van der Waals surface area contributed by atoms with Gasteiger partial charge in [-0.25, -0.2) is 13.2 Å². The van der Waals surface area contributed by atoms with Crippen LogP contribution in [0.2, 0.25) is 5.02 Å². The van der Waals surface area contributed by atoms with Gasteiger partial charge in [0, 0.05) is 23.7 Å². The van der Waals surface area contributed by atoms with Gasteiger partial charge in [0.1, 0.15) is 22.3 Å². The lowest BCUT2D eigenvalue weighted by atomic mass is 9.93. The lowest BCUT2D eigenvalue weighted by molar-refractivity contribution is -0.0885. The highest BCUT2D eigenvalue weighted by molar-refractivity contribution is 7.21. The second-order valence-electron chi connectivity index (χ2n) is 9.91. The SMILES string of the molecule is O=C(c1sc2c(F)ccc(F)c2c1Cl)N(Cc1cc(-c2ccc(C(=O)C(F)(F)F)cc2)ccc1F)C1CCCCC1. The Kier molecular flexibility index (Phi) is 8.16. The van der Waals surface area contributed by atoms with E-state index in [4.69, 9.17) is 11.6 Å². The van der Waals surface area contributed by atoms with E-state index < -0.39 is 40.9 Å². The van der Waals surface area contributed by atoms with Gasteiger partial charge in [-0.1, -0.05) is 61.2 Å². The summed E-state index contributed by atoms with van der Waals surface area (Å²) in [5, 5.41) is -0.375. The molecule has 3 aromatic carbocycles. The van der Waals surface area contributed by atoms with Crippen molar-refractivity contribution in [3.05, 3.63) is 93.1 Å². The van der Waals surface area contributed by atoms with Crippen molar-refractivity contribution in [2.24, 2.45) is 0 Å². The first kappa shape index (κ1) is 29.1. The highest BCUT2D eigenvalue weighted by atomic mass is 35.5. The Balaban J connectivity index is 1.49. The Bertz CT molecular complexity index is 1630. The molecule has 0 unspecified atom stereocenters. The summed E-state index contributed by atoms with van der Waals surface area (Å²) in [5.41, 5.74) is 0.531. The van der Waals surface area contributed by atoms with Crippen LogP contribution in [0.4, 0.5) is 26.3 Å². The van der Waals surface area contributed by atoms with Crippen molar-refractivity contribution in [1.82, 2.24) is 4.90 Å². The topological polar surface area (TPSA) is 37.4 Å². The first-order valence-corrected chi connectivity index (χ1v) is 14.0. The highest BCUT2D eigenvalue weighted by Gasteiger charge is 2.39. The van der Waals surface area contributed by atoms with E-state index in [1.54, 1.807) is 0 Å². The van der Waals surface area contributed by atoms with Gasteiger partial charge in [0.25, 0.3) is 11.7 Å². The monoisotopic (exact) mass is 609 g/mol. The number of Topliss-reactive ketones (excluding diaryl/α,β-unsaturated/α-hetero) is 1. The van der Waals surface area contributed by atoms with Crippen LogP contribution in [0.5, 0.6) is 0 Å². The minimum Gasteiger partial charge on any atom is -0.330 e. The number of rotatable bonds is 6. The molecule has 1 aliphatic rings. The summed E-state index contributed by atoms with van der Waals surface area (Å²) in [7, 11) is 0. The summed E-state index contributed by atoms with van der Waals surface area (Å²) in [6.45, 7) is -0.163. The molecule has 0 bridgehead atoms. The van der Waals surface area contributed by atoms with Crippen molar-refractivity contribution in [2.75, 3.05) is 0 Å². The van der Waals surface area contributed by atoms with Crippen molar-refractivity contribution < 1.29 is 35.9 Å². The maximum atomic E-state index is 15.1. The van der Waals surface area contributed by atoms with Gasteiger partial charge in [-0.3, -0.25) is 9.59 Å². The Hall–Kier alpha value is -3.37. The van der Waals surface area contributed by atoms with Crippen LogP contribution in [0.25, 0.3) is 21.2 Å². The number of alkyl halides is 3. The molecule has 0 N–H and O–H groups in total. The average molecular weight is 610 g/mol. The zero-order valence-electron chi connectivity index (χ0n) is 21.3. The minimum atomic E-state index is -5.01. The van der Waals surface area contributed by atoms with Gasteiger partial charge in [-0.15, -0.1) is 11.3 Å². The number of fused-ring (bicyclic) bond motifs is 1. The van der Waals surface area contributed by atoms with E-state index in [1.165, 1.54) is 35.2 Å². The van der Waals surface area contributed by atoms with Crippen molar-refractivity contribution in [2.45, 2.75) is 50.9 Å². The van der Waals surface area contributed by atoms with Gasteiger partial charge in [0.05, 0.1) is 15.1 Å². The lowest BCUT2D eigenvalue weighted by Crippen LogP contribution is -2.41. The van der Waals surface area contributed by atoms with E-state index in [9.17, 15) is 31.5 Å². The molecule has 41 heavy (non-hydrogen) atoms. The van der Waals surface area contributed by atoms with Crippen molar-refractivity contribution in [3.63, 3.8) is 0 Å². The van der Waals surface area contributed by atoms with Crippen molar-refractivity contribution in [1.29, 1.82) is 0 Å². The molecule has 0 saturated heterocycles. The van der Waals surface area contributed by atoms with E-state index in [0.29, 0.717) is 24.0 Å². The molecule has 5 rings (SSSR count). The smallest absolute Gasteiger partial charge is 0.330 e. The van der Waals surface area contributed by atoms with Crippen LogP contribution in [0.3, 0.4) is 0 Å². The predicted octanol–water partition coefficient (Wildman–Crippen LogP) is 9.36. The predicted molar refractivity (Wildman–Crippen MR) is 146 cm³/mol. The van der Waals surface area contributed by atoms with Gasteiger partial charge in [0.15, 0.2) is 0 Å². The summed E-state index contributed by atoms with van der Waals surface area (Å²) in [6, 6.07) is 10.5. The van der Waals surface area contributed by atoms with Crippen molar-refractivity contribution >= 4 is 44.7 Å². The molecule has 3 nitrogen and oxygen atoms in total. The normalized spacial score (nSPS) is 14.4. The number of halogens is 7. The number of nitrogens with zero attached hydrogens (tertiary/aromatic N) is 1. The molecule has 1 aromatic heterocycles. The van der Waals surface area contributed by atoms with Gasteiger partial charge >= 0.3 is 6.18 Å². The Morgan fingerprint density at radius 3 is 2.10 bits per heavy atom. The third kappa shape index (κ3) is 5.85. The van der Waals surface area contributed by atoms with E-state index in [2.05, 4.69) is 0 Å². The molecule has 1 fully saturated rings. The molecule has 1 aliphatic carbocycles. The molecule has 1 amide bonds. The first-order chi connectivity index (χ1) is 19.5. The Morgan fingerprint density at radius 2 is 1.46 bits per heavy atom. The molecule has 214 valence electrons. The fraction of sp³-hybridized carbons (Fsp3) is 0.267. The summed E-state index contributed by atoms with van der Waals surface area (Å²) >= 11 is 7.15. The van der Waals surface area contributed by atoms with Crippen LogP contribution in [0.1, 0.15) is 57.7 Å². The molecule has 1 saturated carbocycles. The Labute approximate surface area is 240 Å². The molecule has 1 heterocycles. The molecule has 0 spiro atoms. The van der Waals surface area contributed by atoms with Gasteiger partial charge in [-0.2, -0.15) is 13.2 Å². The first-order valence-electron chi connectivity index (χ1n) is 12.8. The standard InChI is InChI=1S/C30H22ClF6NO2S/c31-25-24-22(33)12-13-23(34)26(24)41-27(25)29(40)38(20-4-2-1-3-5-20)15-19-14-18(10-11-21(19)32)16-6-8-17(9-7-16)28(39)30(35,36)37/h6-14,20H,1-5,15H2. The summed E-state index contributed by atoms with van der Waals surface area (Å²) in [5.74, 6) is -4.61. The Morgan fingerprint density at radius 1 is 0.854 bits per heavy atom. The fourth-order valence-corrected chi connectivity index (χ4v) is 6.67. The zero-order chi connectivity index (χ0) is 29.5. The average Bonchev–Trinajstić information content (AvgIpc) is 3.32. The zero-order valence-corrected chi connectivity index (χ0v) is 22.9. The molecular weight excluding hydrogens is 588 g/mol. The molecule has 4 aromatic rings.